The van der Waals surface area contributed by atoms with Crippen molar-refractivity contribution in [2.45, 2.75) is 39.8 Å². The minimum atomic E-state index is -0.0189. The lowest BCUT2D eigenvalue weighted by atomic mass is 10.2. The van der Waals surface area contributed by atoms with Gasteiger partial charge in [-0.1, -0.05) is 12.1 Å². The van der Waals surface area contributed by atoms with Crippen molar-refractivity contribution in [3.05, 3.63) is 11.7 Å². The number of carbonyl (C=O) groups is 1. The van der Waals surface area contributed by atoms with Gasteiger partial charge in [0.25, 0.3) is 0 Å². The summed E-state index contributed by atoms with van der Waals surface area (Å²) >= 11 is 0. The monoisotopic (exact) mass is 226 g/mol. The number of aromatic nitrogens is 2. The average Bonchev–Trinajstić information content (AvgIpc) is 2.64. The van der Waals surface area contributed by atoms with Crippen LogP contribution in [0.4, 0.5) is 0 Å². The molecule has 1 aromatic heterocycles. The second-order valence-electron chi connectivity index (χ2n) is 3.71. The van der Waals surface area contributed by atoms with Crippen molar-refractivity contribution in [3.8, 4) is 0 Å². The SMILES string of the molecule is CCC(C)NC(=O)CNCc1noc(C)n1. The van der Waals surface area contributed by atoms with Gasteiger partial charge in [0.15, 0.2) is 5.82 Å². The summed E-state index contributed by atoms with van der Waals surface area (Å²) in [5.74, 6) is 1.07. The van der Waals surface area contributed by atoms with Gasteiger partial charge in [0.05, 0.1) is 13.1 Å². The lowest BCUT2D eigenvalue weighted by Crippen LogP contribution is -2.38. The molecule has 1 unspecified atom stereocenters. The number of aryl methyl sites for hydroxylation is 1. The van der Waals surface area contributed by atoms with E-state index in [-0.39, 0.29) is 18.5 Å². The topological polar surface area (TPSA) is 80.0 Å². The molecule has 0 aromatic carbocycles. The lowest BCUT2D eigenvalue weighted by molar-refractivity contribution is -0.120. The lowest BCUT2D eigenvalue weighted by Gasteiger charge is -2.11. The Kier molecular flexibility index (Phi) is 4.91. The van der Waals surface area contributed by atoms with E-state index in [0.717, 1.165) is 6.42 Å². The predicted molar refractivity (Wildman–Crippen MR) is 58.6 cm³/mol. The first-order valence-electron chi connectivity index (χ1n) is 5.41. The molecule has 0 saturated heterocycles. The van der Waals surface area contributed by atoms with E-state index < -0.39 is 0 Å². The molecule has 0 aliphatic carbocycles. The Morgan fingerprint density at radius 2 is 2.31 bits per heavy atom. The van der Waals surface area contributed by atoms with Crippen molar-refractivity contribution in [3.63, 3.8) is 0 Å². The Morgan fingerprint density at radius 1 is 1.56 bits per heavy atom. The van der Waals surface area contributed by atoms with Crippen molar-refractivity contribution < 1.29 is 9.32 Å². The van der Waals surface area contributed by atoms with Crippen molar-refractivity contribution in [1.82, 2.24) is 20.8 Å². The zero-order chi connectivity index (χ0) is 12.0. The van der Waals surface area contributed by atoms with Gasteiger partial charge in [-0.3, -0.25) is 4.79 Å². The van der Waals surface area contributed by atoms with Crippen LogP contribution in [0.2, 0.25) is 0 Å². The van der Waals surface area contributed by atoms with Gasteiger partial charge in [-0.2, -0.15) is 4.98 Å². The van der Waals surface area contributed by atoms with Crippen molar-refractivity contribution in [1.29, 1.82) is 0 Å². The molecule has 0 fully saturated rings. The Morgan fingerprint density at radius 3 is 2.88 bits per heavy atom. The van der Waals surface area contributed by atoms with Gasteiger partial charge in [-0.25, -0.2) is 0 Å². The number of nitrogens with one attached hydrogen (secondary N) is 2. The molecule has 0 radical (unpaired) electrons. The van der Waals surface area contributed by atoms with E-state index >= 15 is 0 Å². The number of hydrogen-bond acceptors (Lipinski definition) is 5. The highest BCUT2D eigenvalue weighted by Gasteiger charge is 2.06. The van der Waals surface area contributed by atoms with Crippen LogP contribution in [0.15, 0.2) is 4.52 Å². The van der Waals surface area contributed by atoms with Gasteiger partial charge in [0, 0.05) is 13.0 Å². The van der Waals surface area contributed by atoms with E-state index in [4.69, 9.17) is 4.52 Å². The number of carbonyl (C=O) groups excluding carboxylic acids is 1. The Balaban J connectivity index is 2.18. The summed E-state index contributed by atoms with van der Waals surface area (Å²) in [4.78, 5) is 15.4. The van der Waals surface area contributed by atoms with Crippen molar-refractivity contribution in [2.75, 3.05) is 6.54 Å². The molecule has 0 saturated carbocycles. The highest BCUT2D eigenvalue weighted by Crippen LogP contribution is 1.93. The van der Waals surface area contributed by atoms with Crippen LogP contribution < -0.4 is 10.6 Å². The largest absolute Gasteiger partial charge is 0.353 e. The van der Waals surface area contributed by atoms with Crippen LogP contribution in [0.5, 0.6) is 0 Å². The fourth-order valence-electron chi connectivity index (χ4n) is 1.13. The van der Waals surface area contributed by atoms with Crippen LogP contribution in [0.1, 0.15) is 32.0 Å². The zero-order valence-electron chi connectivity index (χ0n) is 9.91. The van der Waals surface area contributed by atoms with E-state index in [1.54, 1.807) is 6.92 Å². The summed E-state index contributed by atoms with van der Waals surface area (Å²) < 4.78 is 4.80. The van der Waals surface area contributed by atoms with Crippen LogP contribution in [0.25, 0.3) is 0 Å². The smallest absolute Gasteiger partial charge is 0.234 e. The molecule has 0 aliphatic heterocycles. The summed E-state index contributed by atoms with van der Waals surface area (Å²) in [6.45, 7) is 6.43. The fourth-order valence-corrected chi connectivity index (χ4v) is 1.13. The van der Waals surface area contributed by atoms with E-state index in [1.807, 2.05) is 13.8 Å². The molecule has 1 aromatic rings. The van der Waals surface area contributed by atoms with Gasteiger partial charge in [0.2, 0.25) is 11.8 Å². The van der Waals surface area contributed by atoms with Crippen LogP contribution >= 0.6 is 0 Å². The van der Waals surface area contributed by atoms with Crippen LogP contribution in [-0.4, -0.2) is 28.6 Å². The second kappa shape index (κ2) is 6.22. The third-order valence-electron chi connectivity index (χ3n) is 2.16. The number of hydrogen-bond donors (Lipinski definition) is 2. The summed E-state index contributed by atoms with van der Waals surface area (Å²) in [6.07, 6.45) is 0.926. The van der Waals surface area contributed by atoms with E-state index in [9.17, 15) is 4.79 Å². The first-order valence-corrected chi connectivity index (χ1v) is 5.41. The molecule has 2 N–H and O–H groups in total. The highest BCUT2D eigenvalue weighted by atomic mass is 16.5. The number of rotatable bonds is 6. The molecule has 0 spiro atoms. The average molecular weight is 226 g/mol. The molecule has 1 atom stereocenters. The van der Waals surface area contributed by atoms with E-state index in [0.29, 0.717) is 18.3 Å². The minimum absolute atomic E-state index is 0.0189. The Labute approximate surface area is 94.8 Å². The van der Waals surface area contributed by atoms with Crippen LogP contribution in [-0.2, 0) is 11.3 Å². The maximum atomic E-state index is 11.4. The Bertz CT molecular complexity index is 337. The molecule has 1 amide bonds. The number of nitrogens with zero attached hydrogens (tertiary/aromatic N) is 2. The molecule has 6 nitrogen and oxygen atoms in total. The number of amides is 1. The third kappa shape index (κ3) is 4.39. The summed E-state index contributed by atoms with van der Waals surface area (Å²) in [5, 5.41) is 9.51. The second-order valence-corrected chi connectivity index (χ2v) is 3.71. The molecule has 0 aliphatic rings. The molecular weight excluding hydrogens is 208 g/mol. The quantitative estimate of drug-likeness (QED) is 0.733. The molecule has 90 valence electrons. The van der Waals surface area contributed by atoms with Gasteiger partial charge in [-0.05, 0) is 13.3 Å². The fraction of sp³-hybridized carbons (Fsp3) is 0.700. The van der Waals surface area contributed by atoms with Gasteiger partial charge in [0.1, 0.15) is 0 Å². The van der Waals surface area contributed by atoms with Crippen LogP contribution in [0, 0.1) is 6.92 Å². The molecular formula is C10H18N4O2. The van der Waals surface area contributed by atoms with Crippen molar-refractivity contribution >= 4 is 5.91 Å². The maximum Gasteiger partial charge on any atom is 0.234 e. The van der Waals surface area contributed by atoms with Gasteiger partial charge < -0.3 is 15.2 Å². The third-order valence-corrected chi connectivity index (χ3v) is 2.16. The van der Waals surface area contributed by atoms with Gasteiger partial charge in [-0.15, -0.1) is 0 Å². The minimum Gasteiger partial charge on any atom is -0.353 e. The summed E-state index contributed by atoms with van der Waals surface area (Å²) in [5.41, 5.74) is 0. The normalized spacial score (nSPS) is 12.4. The zero-order valence-corrected chi connectivity index (χ0v) is 9.91. The first kappa shape index (κ1) is 12.6. The molecule has 16 heavy (non-hydrogen) atoms. The van der Waals surface area contributed by atoms with E-state index in [2.05, 4.69) is 20.8 Å². The molecule has 6 heteroatoms. The maximum absolute atomic E-state index is 11.4. The standard InChI is InChI=1S/C10H18N4O2/c1-4-7(2)12-10(15)6-11-5-9-13-8(3)16-14-9/h7,11H,4-6H2,1-3H3,(H,12,15). The van der Waals surface area contributed by atoms with Gasteiger partial charge >= 0.3 is 0 Å². The highest BCUT2D eigenvalue weighted by molar-refractivity contribution is 5.78. The summed E-state index contributed by atoms with van der Waals surface area (Å²) in [6, 6.07) is 0.210. The van der Waals surface area contributed by atoms with E-state index in [1.165, 1.54) is 0 Å². The first-order chi connectivity index (χ1) is 7.61. The predicted octanol–water partition coefficient (Wildman–Crippen LogP) is 0.382. The Hall–Kier alpha value is -1.43. The summed E-state index contributed by atoms with van der Waals surface area (Å²) in [7, 11) is 0. The van der Waals surface area contributed by atoms with Crippen molar-refractivity contribution in [2.24, 2.45) is 0 Å². The van der Waals surface area contributed by atoms with Crippen LogP contribution in [0.3, 0.4) is 0 Å². The molecule has 0 bridgehead atoms. The molecule has 1 heterocycles. The molecule has 1 rings (SSSR count).